The Bertz CT molecular complexity index is 403. The summed E-state index contributed by atoms with van der Waals surface area (Å²) in [6.07, 6.45) is 0.302. The molecule has 1 unspecified atom stereocenters. The molecule has 0 saturated heterocycles. The summed E-state index contributed by atoms with van der Waals surface area (Å²) in [6, 6.07) is 4.97. The number of hydrogen-bond donors (Lipinski definition) is 2. The van der Waals surface area contributed by atoms with Crippen LogP contribution in [0.1, 0.15) is 20.3 Å². The largest absolute Gasteiger partial charge is 0.488 e. The molecule has 0 aliphatic rings. The van der Waals surface area contributed by atoms with Gasteiger partial charge in [0, 0.05) is 6.42 Å². The molecule has 5 heteroatoms. The first-order chi connectivity index (χ1) is 8.34. The molecule has 0 heterocycles. The third kappa shape index (κ3) is 4.33. The smallest absolute Gasteiger partial charge is 0.320 e. The van der Waals surface area contributed by atoms with Crippen molar-refractivity contribution in [2.75, 3.05) is 7.05 Å². The van der Waals surface area contributed by atoms with E-state index in [9.17, 15) is 9.18 Å². The number of carboxylic acids is 1. The predicted octanol–water partition coefficient (Wildman–Crippen LogP) is 2.05. The highest BCUT2D eigenvalue weighted by atomic mass is 19.1. The van der Waals surface area contributed by atoms with Crippen molar-refractivity contribution in [1.29, 1.82) is 0 Å². The lowest BCUT2D eigenvalue weighted by atomic mass is 9.98. The van der Waals surface area contributed by atoms with Gasteiger partial charge in [-0.3, -0.25) is 4.79 Å². The Balaban J connectivity index is 2.69. The van der Waals surface area contributed by atoms with E-state index in [0.29, 0.717) is 12.2 Å². The van der Waals surface area contributed by atoms with Crippen molar-refractivity contribution in [1.82, 2.24) is 5.32 Å². The lowest BCUT2D eigenvalue weighted by Crippen LogP contribution is -2.42. The van der Waals surface area contributed by atoms with Gasteiger partial charge in [0.1, 0.15) is 23.2 Å². The second-order valence-corrected chi connectivity index (χ2v) is 4.70. The molecule has 18 heavy (non-hydrogen) atoms. The van der Waals surface area contributed by atoms with Crippen molar-refractivity contribution in [2.45, 2.75) is 31.9 Å². The molecule has 4 nitrogen and oxygen atoms in total. The molecule has 0 amide bonds. The number of aliphatic carboxylic acids is 1. The van der Waals surface area contributed by atoms with Gasteiger partial charge in [0.15, 0.2) is 0 Å². The fourth-order valence-corrected chi connectivity index (χ4v) is 1.67. The van der Waals surface area contributed by atoms with Gasteiger partial charge in [0.2, 0.25) is 0 Å². The Hall–Kier alpha value is -1.62. The molecule has 0 radical (unpaired) electrons. The fourth-order valence-electron chi connectivity index (χ4n) is 1.67. The second-order valence-electron chi connectivity index (χ2n) is 4.70. The first kappa shape index (κ1) is 14.4. The van der Waals surface area contributed by atoms with Crippen LogP contribution in [0, 0.1) is 5.82 Å². The SMILES string of the molecule is CNC(CC(C)(C)Oc1ccc(F)cc1)C(=O)O. The maximum atomic E-state index is 12.7. The average molecular weight is 255 g/mol. The fraction of sp³-hybridized carbons (Fsp3) is 0.462. The molecule has 1 aromatic carbocycles. The molecule has 0 aromatic heterocycles. The van der Waals surface area contributed by atoms with E-state index in [1.807, 2.05) is 0 Å². The van der Waals surface area contributed by atoms with Crippen LogP contribution in [0.2, 0.25) is 0 Å². The topological polar surface area (TPSA) is 58.6 Å². The van der Waals surface area contributed by atoms with Crippen molar-refractivity contribution in [2.24, 2.45) is 0 Å². The van der Waals surface area contributed by atoms with Crippen molar-refractivity contribution in [3.8, 4) is 5.75 Å². The molecule has 0 aliphatic heterocycles. The van der Waals surface area contributed by atoms with Crippen LogP contribution in [0.25, 0.3) is 0 Å². The van der Waals surface area contributed by atoms with E-state index in [1.165, 1.54) is 24.3 Å². The molecule has 1 rings (SSSR count). The van der Waals surface area contributed by atoms with Gasteiger partial charge in [0.05, 0.1) is 0 Å². The number of carboxylic acid groups (broad SMARTS) is 1. The molecular formula is C13H18FNO3. The molecule has 0 saturated carbocycles. The van der Waals surface area contributed by atoms with Crippen molar-refractivity contribution in [3.05, 3.63) is 30.1 Å². The van der Waals surface area contributed by atoms with Crippen LogP contribution >= 0.6 is 0 Å². The van der Waals surface area contributed by atoms with E-state index in [0.717, 1.165) is 0 Å². The van der Waals surface area contributed by atoms with E-state index >= 15 is 0 Å². The van der Waals surface area contributed by atoms with Gasteiger partial charge in [-0.1, -0.05) is 0 Å². The zero-order chi connectivity index (χ0) is 13.8. The summed E-state index contributed by atoms with van der Waals surface area (Å²) < 4.78 is 18.4. The highest BCUT2D eigenvalue weighted by molar-refractivity contribution is 5.73. The highest BCUT2D eigenvalue weighted by Gasteiger charge is 2.28. The predicted molar refractivity (Wildman–Crippen MR) is 66.2 cm³/mol. The zero-order valence-electron chi connectivity index (χ0n) is 10.7. The van der Waals surface area contributed by atoms with Gasteiger partial charge >= 0.3 is 5.97 Å². The first-order valence-corrected chi connectivity index (χ1v) is 5.69. The van der Waals surface area contributed by atoms with Crippen LogP contribution < -0.4 is 10.1 Å². The molecule has 0 aliphatic carbocycles. The number of benzene rings is 1. The van der Waals surface area contributed by atoms with E-state index in [4.69, 9.17) is 9.84 Å². The minimum Gasteiger partial charge on any atom is -0.488 e. The monoisotopic (exact) mass is 255 g/mol. The first-order valence-electron chi connectivity index (χ1n) is 5.69. The van der Waals surface area contributed by atoms with E-state index < -0.39 is 17.6 Å². The van der Waals surface area contributed by atoms with Gasteiger partial charge in [-0.15, -0.1) is 0 Å². The van der Waals surface area contributed by atoms with Crippen LogP contribution in [0.15, 0.2) is 24.3 Å². The number of hydrogen-bond acceptors (Lipinski definition) is 3. The van der Waals surface area contributed by atoms with E-state index in [-0.39, 0.29) is 5.82 Å². The minimum atomic E-state index is -0.923. The molecule has 1 atom stereocenters. The van der Waals surface area contributed by atoms with Crippen molar-refractivity contribution < 1.29 is 19.0 Å². The van der Waals surface area contributed by atoms with E-state index in [2.05, 4.69) is 5.32 Å². The number of nitrogens with one attached hydrogen (secondary N) is 1. The van der Waals surface area contributed by atoms with Gasteiger partial charge in [-0.05, 0) is 45.2 Å². The Morgan fingerprint density at radius 3 is 2.44 bits per heavy atom. The van der Waals surface area contributed by atoms with Gasteiger partial charge in [-0.2, -0.15) is 0 Å². The summed E-state index contributed by atoms with van der Waals surface area (Å²) >= 11 is 0. The highest BCUT2D eigenvalue weighted by Crippen LogP contribution is 2.22. The normalized spacial score (nSPS) is 13.1. The molecule has 0 spiro atoms. The summed E-state index contributed by atoms with van der Waals surface area (Å²) in [5, 5.41) is 11.7. The number of likely N-dealkylation sites (N-methyl/N-ethyl adjacent to an activating group) is 1. The second kappa shape index (κ2) is 5.82. The Labute approximate surface area is 106 Å². The van der Waals surface area contributed by atoms with Crippen LogP contribution in [0.4, 0.5) is 4.39 Å². The number of ether oxygens (including phenoxy) is 1. The number of carbonyl (C=O) groups is 1. The number of halogens is 1. The minimum absolute atomic E-state index is 0.302. The molecule has 2 N–H and O–H groups in total. The molecular weight excluding hydrogens is 237 g/mol. The van der Waals surface area contributed by atoms with Gasteiger partial charge in [0.25, 0.3) is 0 Å². The molecule has 100 valence electrons. The number of rotatable bonds is 6. The maximum Gasteiger partial charge on any atom is 0.320 e. The van der Waals surface area contributed by atoms with Crippen molar-refractivity contribution >= 4 is 5.97 Å². The van der Waals surface area contributed by atoms with Crippen LogP contribution in [-0.2, 0) is 4.79 Å². The van der Waals surface area contributed by atoms with Crippen molar-refractivity contribution in [3.63, 3.8) is 0 Å². The van der Waals surface area contributed by atoms with Crippen LogP contribution in [-0.4, -0.2) is 29.8 Å². The lowest BCUT2D eigenvalue weighted by Gasteiger charge is -2.29. The Morgan fingerprint density at radius 2 is 2.00 bits per heavy atom. The molecule has 1 aromatic rings. The summed E-state index contributed by atoms with van der Waals surface area (Å²) in [6.45, 7) is 3.59. The quantitative estimate of drug-likeness (QED) is 0.816. The standard InChI is InChI=1S/C13H18FNO3/c1-13(2,8-11(15-3)12(16)17)18-10-6-4-9(14)5-7-10/h4-7,11,15H,8H2,1-3H3,(H,16,17). The van der Waals surface area contributed by atoms with E-state index in [1.54, 1.807) is 20.9 Å². The van der Waals surface area contributed by atoms with Crippen LogP contribution in [0.5, 0.6) is 5.75 Å². The average Bonchev–Trinajstić information content (AvgIpc) is 2.28. The lowest BCUT2D eigenvalue weighted by molar-refractivity contribution is -0.140. The molecule has 0 fully saturated rings. The Kier molecular flexibility index (Phi) is 4.67. The third-order valence-corrected chi connectivity index (χ3v) is 2.55. The maximum absolute atomic E-state index is 12.7. The zero-order valence-corrected chi connectivity index (χ0v) is 10.7. The Morgan fingerprint density at radius 1 is 1.44 bits per heavy atom. The summed E-state index contributed by atoms with van der Waals surface area (Å²) in [7, 11) is 1.59. The summed E-state index contributed by atoms with van der Waals surface area (Å²) in [5.41, 5.74) is -0.663. The van der Waals surface area contributed by atoms with Gasteiger partial charge in [-0.25, -0.2) is 4.39 Å². The van der Waals surface area contributed by atoms with Crippen LogP contribution in [0.3, 0.4) is 0 Å². The molecule has 0 bridgehead atoms. The summed E-state index contributed by atoms with van der Waals surface area (Å²) in [5.74, 6) is -0.742. The third-order valence-electron chi connectivity index (χ3n) is 2.55. The summed E-state index contributed by atoms with van der Waals surface area (Å²) in [4.78, 5) is 10.9. The van der Waals surface area contributed by atoms with Gasteiger partial charge < -0.3 is 15.2 Å².